The van der Waals surface area contributed by atoms with Crippen molar-refractivity contribution in [3.63, 3.8) is 0 Å². The maximum Gasteiger partial charge on any atom is 0.251 e. The average Bonchev–Trinajstić information content (AvgIpc) is 2.88. The van der Waals surface area contributed by atoms with Crippen LogP contribution in [-0.2, 0) is 6.42 Å². The van der Waals surface area contributed by atoms with Crippen LogP contribution < -0.4 is 11.1 Å². The number of rotatable bonds is 5. The van der Waals surface area contributed by atoms with E-state index in [0.29, 0.717) is 17.3 Å². The zero-order valence-corrected chi connectivity index (χ0v) is 11.6. The highest BCUT2D eigenvalue weighted by Gasteiger charge is 2.16. The minimum atomic E-state index is -0.0293. The Bertz CT molecular complexity index is 439. The molecule has 19 heavy (non-hydrogen) atoms. The van der Waals surface area contributed by atoms with E-state index >= 15 is 0 Å². The van der Waals surface area contributed by atoms with Crippen molar-refractivity contribution >= 4 is 11.7 Å². The number of nitrogen functional groups attached to an aromatic ring is 1. The van der Waals surface area contributed by atoms with E-state index in [0.717, 1.165) is 25.1 Å². The molecule has 0 unspecified atom stereocenters. The van der Waals surface area contributed by atoms with Gasteiger partial charge in [0.25, 0.3) is 5.91 Å². The number of aromatic nitrogens is 1. The van der Waals surface area contributed by atoms with E-state index in [9.17, 15) is 4.79 Å². The lowest BCUT2D eigenvalue weighted by Crippen LogP contribution is -2.28. The first-order valence-electron chi connectivity index (χ1n) is 7.23. The van der Waals surface area contributed by atoms with Gasteiger partial charge in [0.15, 0.2) is 0 Å². The molecule has 1 saturated carbocycles. The van der Waals surface area contributed by atoms with Crippen molar-refractivity contribution in [1.82, 2.24) is 10.3 Å². The summed E-state index contributed by atoms with van der Waals surface area (Å²) in [4.78, 5) is 16.4. The van der Waals surface area contributed by atoms with Crippen LogP contribution in [0, 0.1) is 5.92 Å². The quantitative estimate of drug-likeness (QED) is 0.856. The molecule has 0 spiro atoms. The Labute approximate surface area is 114 Å². The van der Waals surface area contributed by atoms with Crippen molar-refractivity contribution in [2.75, 3.05) is 12.3 Å². The van der Waals surface area contributed by atoms with Crippen molar-refractivity contribution in [2.24, 2.45) is 5.92 Å². The van der Waals surface area contributed by atoms with Gasteiger partial charge in [-0.05, 0) is 37.3 Å². The normalized spacial score (nSPS) is 15.6. The Morgan fingerprint density at radius 2 is 2.16 bits per heavy atom. The minimum absolute atomic E-state index is 0.0293. The highest BCUT2D eigenvalue weighted by Crippen LogP contribution is 2.23. The number of carbonyl (C=O) groups is 1. The van der Waals surface area contributed by atoms with Gasteiger partial charge in [-0.1, -0.05) is 26.2 Å². The van der Waals surface area contributed by atoms with Crippen LogP contribution in [0.15, 0.2) is 12.1 Å². The summed E-state index contributed by atoms with van der Waals surface area (Å²) in [5, 5.41) is 3.02. The first kappa shape index (κ1) is 13.8. The maximum atomic E-state index is 12.1. The number of aryl methyl sites for hydroxylation is 1. The van der Waals surface area contributed by atoms with Crippen molar-refractivity contribution in [2.45, 2.75) is 45.4 Å². The number of anilines is 1. The van der Waals surface area contributed by atoms with Crippen molar-refractivity contribution < 1.29 is 4.79 Å². The van der Waals surface area contributed by atoms with Crippen LogP contribution in [0.2, 0.25) is 0 Å². The summed E-state index contributed by atoms with van der Waals surface area (Å²) in [5.41, 5.74) is 7.28. The molecule has 4 nitrogen and oxygen atoms in total. The van der Waals surface area contributed by atoms with Gasteiger partial charge in [0.1, 0.15) is 5.82 Å². The summed E-state index contributed by atoms with van der Waals surface area (Å²) >= 11 is 0. The van der Waals surface area contributed by atoms with E-state index in [1.807, 2.05) is 6.07 Å². The average molecular weight is 261 g/mol. The number of nitrogens with two attached hydrogens (primary N) is 1. The number of hydrogen-bond donors (Lipinski definition) is 2. The number of pyridine rings is 1. The van der Waals surface area contributed by atoms with Crippen LogP contribution in [0.25, 0.3) is 0 Å². The van der Waals surface area contributed by atoms with Gasteiger partial charge in [0.2, 0.25) is 0 Å². The largest absolute Gasteiger partial charge is 0.384 e. The predicted molar refractivity (Wildman–Crippen MR) is 76.9 cm³/mol. The fourth-order valence-corrected chi connectivity index (χ4v) is 2.68. The molecular formula is C15H23N3O. The summed E-state index contributed by atoms with van der Waals surface area (Å²) < 4.78 is 0. The molecule has 4 heteroatoms. The van der Waals surface area contributed by atoms with Crippen LogP contribution in [-0.4, -0.2) is 17.4 Å². The summed E-state index contributed by atoms with van der Waals surface area (Å²) in [6.45, 7) is 2.87. The van der Waals surface area contributed by atoms with Crippen LogP contribution in [0.3, 0.4) is 0 Å². The summed E-state index contributed by atoms with van der Waals surface area (Å²) in [6.07, 6.45) is 6.92. The molecule has 0 aromatic carbocycles. The van der Waals surface area contributed by atoms with E-state index in [4.69, 9.17) is 5.73 Å². The van der Waals surface area contributed by atoms with Crippen LogP contribution in [0.1, 0.15) is 55.1 Å². The van der Waals surface area contributed by atoms with Crippen molar-refractivity contribution in [3.05, 3.63) is 23.4 Å². The van der Waals surface area contributed by atoms with E-state index in [-0.39, 0.29) is 5.91 Å². The lowest BCUT2D eigenvalue weighted by molar-refractivity contribution is 0.0947. The van der Waals surface area contributed by atoms with E-state index in [1.165, 1.54) is 25.7 Å². The number of nitrogens with zero attached hydrogens (tertiary/aromatic N) is 1. The minimum Gasteiger partial charge on any atom is -0.384 e. The third kappa shape index (κ3) is 3.94. The van der Waals surface area contributed by atoms with Crippen molar-refractivity contribution in [3.8, 4) is 0 Å². The number of hydrogen-bond acceptors (Lipinski definition) is 3. The van der Waals surface area contributed by atoms with Gasteiger partial charge < -0.3 is 11.1 Å². The van der Waals surface area contributed by atoms with Gasteiger partial charge in [-0.25, -0.2) is 4.98 Å². The smallest absolute Gasteiger partial charge is 0.251 e. The fraction of sp³-hybridized carbons (Fsp3) is 0.600. The van der Waals surface area contributed by atoms with Gasteiger partial charge in [-0.15, -0.1) is 0 Å². The highest BCUT2D eigenvalue weighted by molar-refractivity contribution is 5.94. The molecule has 2 rings (SSSR count). The molecular weight excluding hydrogens is 238 g/mol. The van der Waals surface area contributed by atoms with Crippen LogP contribution >= 0.6 is 0 Å². The lowest BCUT2D eigenvalue weighted by atomic mass is 10.1. The molecule has 3 N–H and O–H groups in total. The molecule has 1 amide bonds. The van der Waals surface area contributed by atoms with E-state index in [2.05, 4.69) is 17.2 Å². The zero-order chi connectivity index (χ0) is 13.7. The second kappa shape index (κ2) is 6.55. The third-order valence-corrected chi connectivity index (χ3v) is 3.69. The molecule has 0 saturated heterocycles. The SMILES string of the molecule is CCCc1cc(C(=O)NCC2CCCC2)cc(N)n1. The van der Waals surface area contributed by atoms with Gasteiger partial charge >= 0.3 is 0 Å². The molecule has 1 fully saturated rings. The van der Waals surface area contributed by atoms with Crippen LogP contribution in [0.5, 0.6) is 0 Å². The predicted octanol–water partition coefficient (Wildman–Crippen LogP) is 2.54. The second-order valence-electron chi connectivity index (χ2n) is 5.38. The molecule has 0 radical (unpaired) electrons. The zero-order valence-electron chi connectivity index (χ0n) is 11.6. The Morgan fingerprint density at radius 3 is 2.84 bits per heavy atom. The Kier molecular flexibility index (Phi) is 4.77. The van der Waals surface area contributed by atoms with Crippen LogP contribution in [0.4, 0.5) is 5.82 Å². The number of nitrogens with one attached hydrogen (secondary N) is 1. The Hall–Kier alpha value is -1.58. The molecule has 1 aromatic heterocycles. The van der Waals surface area contributed by atoms with Gasteiger partial charge in [-0.2, -0.15) is 0 Å². The summed E-state index contributed by atoms with van der Waals surface area (Å²) in [6, 6.07) is 3.51. The summed E-state index contributed by atoms with van der Waals surface area (Å²) in [7, 11) is 0. The summed E-state index contributed by atoms with van der Waals surface area (Å²) in [5.74, 6) is 1.05. The molecule has 104 valence electrons. The Balaban J connectivity index is 1.97. The van der Waals surface area contributed by atoms with Crippen molar-refractivity contribution in [1.29, 1.82) is 0 Å². The van der Waals surface area contributed by atoms with Gasteiger partial charge in [0, 0.05) is 17.8 Å². The molecule has 0 aliphatic heterocycles. The first-order chi connectivity index (χ1) is 9.19. The molecule has 1 heterocycles. The third-order valence-electron chi connectivity index (χ3n) is 3.69. The van der Waals surface area contributed by atoms with E-state index < -0.39 is 0 Å². The van der Waals surface area contributed by atoms with Gasteiger partial charge in [-0.3, -0.25) is 4.79 Å². The number of carbonyl (C=O) groups excluding carboxylic acids is 1. The molecule has 1 aliphatic carbocycles. The molecule has 0 bridgehead atoms. The molecule has 0 atom stereocenters. The first-order valence-corrected chi connectivity index (χ1v) is 7.23. The maximum absolute atomic E-state index is 12.1. The second-order valence-corrected chi connectivity index (χ2v) is 5.38. The Morgan fingerprint density at radius 1 is 1.42 bits per heavy atom. The topological polar surface area (TPSA) is 68.0 Å². The van der Waals surface area contributed by atoms with E-state index in [1.54, 1.807) is 6.07 Å². The van der Waals surface area contributed by atoms with Gasteiger partial charge in [0.05, 0.1) is 0 Å². The number of amides is 1. The highest BCUT2D eigenvalue weighted by atomic mass is 16.1. The lowest BCUT2D eigenvalue weighted by Gasteiger charge is -2.11. The molecule has 1 aliphatic rings. The fourth-order valence-electron chi connectivity index (χ4n) is 2.68. The molecule has 1 aromatic rings. The monoisotopic (exact) mass is 261 g/mol. The standard InChI is InChI=1S/C15H23N3O/c1-2-5-13-8-12(9-14(16)18-13)15(19)17-10-11-6-3-4-7-11/h8-9,11H,2-7,10H2,1H3,(H2,16,18)(H,17,19).